The molecule has 1 aromatic rings. The van der Waals surface area contributed by atoms with Gasteiger partial charge in [-0.15, -0.1) is 0 Å². The number of benzene rings is 1. The van der Waals surface area contributed by atoms with E-state index < -0.39 is 11.9 Å². The van der Waals surface area contributed by atoms with Crippen LogP contribution < -0.4 is 5.73 Å². The Bertz CT molecular complexity index is 362. The van der Waals surface area contributed by atoms with Crippen LogP contribution >= 0.6 is 0 Å². The highest BCUT2D eigenvalue weighted by molar-refractivity contribution is 5.77. The molecule has 3 nitrogen and oxygen atoms in total. The molecule has 2 atom stereocenters. The van der Waals surface area contributed by atoms with Crippen molar-refractivity contribution >= 4 is 5.97 Å². The van der Waals surface area contributed by atoms with Gasteiger partial charge in [0.1, 0.15) is 0 Å². The first-order valence-corrected chi connectivity index (χ1v) is 4.74. The van der Waals surface area contributed by atoms with Gasteiger partial charge in [0.2, 0.25) is 0 Å². The van der Waals surface area contributed by atoms with E-state index in [0.717, 1.165) is 17.5 Å². The van der Waals surface area contributed by atoms with Crippen LogP contribution in [-0.2, 0) is 11.2 Å². The average Bonchev–Trinajstić information content (AvgIpc) is 2.16. The van der Waals surface area contributed by atoms with Crippen LogP contribution in [0.2, 0.25) is 0 Å². The smallest absolute Gasteiger partial charge is 0.311 e. The molecule has 0 saturated heterocycles. The molecule has 3 N–H and O–H groups in total. The number of rotatable bonds is 1. The monoisotopic (exact) mass is 191 g/mol. The molecule has 1 aromatic carbocycles. The van der Waals surface area contributed by atoms with E-state index in [1.807, 2.05) is 24.3 Å². The fourth-order valence-electron chi connectivity index (χ4n) is 2.09. The molecule has 0 spiro atoms. The first-order valence-electron chi connectivity index (χ1n) is 4.74. The summed E-state index contributed by atoms with van der Waals surface area (Å²) in [4.78, 5) is 11.0. The Hall–Kier alpha value is -1.35. The van der Waals surface area contributed by atoms with E-state index in [4.69, 9.17) is 10.8 Å². The first-order chi connectivity index (χ1) is 6.68. The molecular formula is C11H13NO2. The highest BCUT2D eigenvalue weighted by Gasteiger charge is 2.29. The molecule has 0 saturated carbocycles. The molecular weight excluding hydrogens is 178 g/mol. The molecule has 0 aromatic heterocycles. The lowest BCUT2D eigenvalue weighted by molar-refractivity contribution is -0.139. The fraction of sp³-hybridized carbons (Fsp3) is 0.364. The summed E-state index contributed by atoms with van der Waals surface area (Å²) < 4.78 is 0. The van der Waals surface area contributed by atoms with Crippen molar-refractivity contribution in [1.82, 2.24) is 0 Å². The minimum absolute atomic E-state index is 0.0222. The van der Waals surface area contributed by atoms with Crippen LogP contribution in [0.3, 0.4) is 0 Å². The molecule has 0 heterocycles. The quantitative estimate of drug-likeness (QED) is 0.699. The molecule has 2 rings (SSSR count). The van der Waals surface area contributed by atoms with E-state index in [0.29, 0.717) is 6.42 Å². The van der Waals surface area contributed by atoms with Crippen LogP contribution in [0, 0.1) is 0 Å². The summed E-state index contributed by atoms with van der Waals surface area (Å²) >= 11 is 0. The number of fused-ring (bicyclic) bond motifs is 1. The maximum Gasteiger partial charge on any atom is 0.311 e. The van der Waals surface area contributed by atoms with Crippen LogP contribution in [0.25, 0.3) is 0 Å². The minimum Gasteiger partial charge on any atom is -0.481 e. The second kappa shape index (κ2) is 3.42. The summed E-state index contributed by atoms with van der Waals surface area (Å²) in [7, 11) is 0. The van der Waals surface area contributed by atoms with Gasteiger partial charge in [-0.1, -0.05) is 24.3 Å². The van der Waals surface area contributed by atoms with Crippen molar-refractivity contribution < 1.29 is 9.90 Å². The molecule has 0 aliphatic heterocycles. The lowest BCUT2D eigenvalue weighted by Crippen LogP contribution is -2.33. The molecule has 14 heavy (non-hydrogen) atoms. The predicted octanol–water partition coefficient (Wildman–Crippen LogP) is 1.13. The van der Waals surface area contributed by atoms with Gasteiger partial charge in [-0.05, 0) is 24.0 Å². The Labute approximate surface area is 82.5 Å². The number of carboxylic acid groups (broad SMARTS) is 1. The SMILES string of the molecule is NC1Cc2ccccc2C(C(=O)O)C1. The largest absolute Gasteiger partial charge is 0.481 e. The second-order valence-corrected chi connectivity index (χ2v) is 3.79. The number of aliphatic carboxylic acids is 1. The van der Waals surface area contributed by atoms with Crippen molar-refractivity contribution in [2.45, 2.75) is 24.8 Å². The van der Waals surface area contributed by atoms with Gasteiger partial charge >= 0.3 is 5.97 Å². The second-order valence-electron chi connectivity index (χ2n) is 3.79. The summed E-state index contributed by atoms with van der Waals surface area (Å²) in [6.45, 7) is 0. The van der Waals surface area contributed by atoms with Gasteiger partial charge in [0.25, 0.3) is 0 Å². The lowest BCUT2D eigenvalue weighted by atomic mass is 9.80. The third-order valence-electron chi connectivity index (χ3n) is 2.75. The summed E-state index contributed by atoms with van der Waals surface area (Å²) in [6.07, 6.45) is 1.34. The standard InChI is InChI=1S/C11H13NO2/c12-8-5-7-3-1-2-4-9(7)10(6-8)11(13)14/h1-4,8,10H,5-6,12H2,(H,13,14). The highest BCUT2D eigenvalue weighted by atomic mass is 16.4. The lowest BCUT2D eigenvalue weighted by Gasteiger charge is -2.26. The maximum absolute atomic E-state index is 11.0. The minimum atomic E-state index is -0.771. The van der Waals surface area contributed by atoms with Crippen molar-refractivity contribution in [3.63, 3.8) is 0 Å². The van der Waals surface area contributed by atoms with Crippen LogP contribution in [-0.4, -0.2) is 17.1 Å². The molecule has 1 aliphatic rings. The van der Waals surface area contributed by atoms with Crippen molar-refractivity contribution in [2.24, 2.45) is 5.73 Å². The van der Waals surface area contributed by atoms with Gasteiger partial charge in [-0.25, -0.2) is 0 Å². The summed E-state index contributed by atoms with van der Waals surface area (Å²) in [5, 5.41) is 9.05. The van der Waals surface area contributed by atoms with Crippen LogP contribution in [0.15, 0.2) is 24.3 Å². The topological polar surface area (TPSA) is 63.3 Å². The zero-order valence-electron chi connectivity index (χ0n) is 7.81. The molecule has 0 fully saturated rings. The number of hydrogen-bond donors (Lipinski definition) is 2. The van der Waals surface area contributed by atoms with E-state index >= 15 is 0 Å². The Morgan fingerprint density at radius 3 is 2.86 bits per heavy atom. The Morgan fingerprint density at radius 1 is 1.43 bits per heavy atom. The van der Waals surface area contributed by atoms with Crippen LogP contribution in [0.1, 0.15) is 23.5 Å². The van der Waals surface area contributed by atoms with Crippen LogP contribution in [0.5, 0.6) is 0 Å². The predicted molar refractivity (Wildman–Crippen MR) is 53.1 cm³/mol. The normalized spacial score (nSPS) is 25.5. The van der Waals surface area contributed by atoms with E-state index in [-0.39, 0.29) is 6.04 Å². The molecule has 1 aliphatic carbocycles. The summed E-state index contributed by atoms with van der Waals surface area (Å²) in [5.41, 5.74) is 7.83. The molecule has 2 unspecified atom stereocenters. The molecule has 0 amide bonds. The number of nitrogens with two attached hydrogens (primary N) is 1. The van der Waals surface area contributed by atoms with Crippen molar-refractivity contribution in [2.75, 3.05) is 0 Å². The summed E-state index contributed by atoms with van der Waals surface area (Å²) in [6, 6.07) is 7.64. The number of carbonyl (C=O) groups is 1. The Morgan fingerprint density at radius 2 is 2.14 bits per heavy atom. The summed E-state index contributed by atoms with van der Waals surface area (Å²) in [5.74, 6) is -1.19. The fourth-order valence-corrected chi connectivity index (χ4v) is 2.09. The highest BCUT2D eigenvalue weighted by Crippen LogP contribution is 2.30. The maximum atomic E-state index is 11.0. The van der Waals surface area contributed by atoms with Crippen molar-refractivity contribution in [1.29, 1.82) is 0 Å². The van der Waals surface area contributed by atoms with Gasteiger partial charge in [0, 0.05) is 6.04 Å². The van der Waals surface area contributed by atoms with Gasteiger partial charge in [0.05, 0.1) is 5.92 Å². The van der Waals surface area contributed by atoms with E-state index in [9.17, 15) is 4.79 Å². The van der Waals surface area contributed by atoms with E-state index in [1.54, 1.807) is 0 Å². The van der Waals surface area contributed by atoms with Gasteiger partial charge in [0.15, 0.2) is 0 Å². The molecule has 3 heteroatoms. The number of carboxylic acids is 1. The first kappa shape index (κ1) is 9.21. The number of hydrogen-bond acceptors (Lipinski definition) is 2. The van der Waals surface area contributed by atoms with Crippen molar-refractivity contribution in [3.05, 3.63) is 35.4 Å². The zero-order chi connectivity index (χ0) is 10.1. The van der Waals surface area contributed by atoms with Gasteiger partial charge < -0.3 is 10.8 Å². The molecule has 0 bridgehead atoms. The third-order valence-corrected chi connectivity index (χ3v) is 2.75. The molecule has 74 valence electrons. The zero-order valence-corrected chi connectivity index (χ0v) is 7.81. The van der Waals surface area contributed by atoms with Crippen LogP contribution in [0.4, 0.5) is 0 Å². The average molecular weight is 191 g/mol. The van der Waals surface area contributed by atoms with Gasteiger partial charge in [-0.2, -0.15) is 0 Å². The van der Waals surface area contributed by atoms with E-state index in [1.165, 1.54) is 0 Å². The molecule has 0 radical (unpaired) electrons. The van der Waals surface area contributed by atoms with Gasteiger partial charge in [-0.3, -0.25) is 4.79 Å². The Kier molecular flexibility index (Phi) is 2.25. The van der Waals surface area contributed by atoms with E-state index in [2.05, 4.69) is 0 Å². The Balaban J connectivity index is 2.43. The third kappa shape index (κ3) is 1.51. The van der Waals surface area contributed by atoms with Crippen molar-refractivity contribution in [3.8, 4) is 0 Å².